The van der Waals surface area contributed by atoms with Crippen LogP contribution in [0.25, 0.3) is 0 Å². The molecule has 0 saturated carbocycles. The van der Waals surface area contributed by atoms with Crippen LogP contribution >= 0.6 is 0 Å². The Bertz CT molecular complexity index is 501. The Morgan fingerprint density at radius 2 is 1.95 bits per heavy atom. The molecule has 0 atom stereocenters. The Hall–Kier alpha value is -2.28. The molecule has 0 aliphatic heterocycles. The molecule has 0 heterocycles. The van der Waals surface area contributed by atoms with Gasteiger partial charge in [0.2, 0.25) is 0 Å². The maximum atomic E-state index is 11.3. The maximum absolute atomic E-state index is 11.3. The van der Waals surface area contributed by atoms with E-state index in [2.05, 4.69) is 17.2 Å². The molecule has 1 N–H and O–H groups in total. The molecule has 1 aromatic rings. The number of aldehydes is 1. The minimum absolute atomic E-state index is 0.213. The standard InChI is InChI=1S/C15H17NO3/c1-15(2,3)19-14(18)16-10-4-5-12-6-8-13(11-17)9-7-12/h6-9,11H,10H2,1-3H3,(H,16,18). The summed E-state index contributed by atoms with van der Waals surface area (Å²) < 4.78 is 5.06. The lowest BCUT2D eigenvalue weighted by Gasteiger charge is -2.18. The summed E-state index contributed by atoms with van der Waals surface area (Å²) in [6, 6.07) is 6.89. The first kappa shape index (κ1) is 14.8. The van der Waals surface area contributed by atoms with E-state index < -0.39 is 11.7 Å². The lowest BCUT2D eigenvalue weighted by atomic mass is 10.1. The Labute approximate surface area is 113 Å². The van der Waals surface area contributed by atoms with Crippen LogP contribution in [0.4, 0.5) is 4.79 Å². The van der Waals surface area contributed by atoms with E-state index in [1.807, 2.05) is 0 Å². The van der Waals surface area contributed by atoms with Gasteiger partial charge in [-0.25, -0.2) is 4.79 Å². The predicted molar refractivity (Wildman–Crippen MR) is 72.9 cm³/mol. The van der Waals surface area contributed by atoms with Crippen molar-refractivity contribution in [2.45, 2.75) is 26.4 Å². The maximum Gasteiger partial charge on any atom is 0.408 e. The van der Waals surface area contributed by atoms with Crippen LogP contribution < -0.4 is 5.32 Å². The molecule has 4 heteroatoms. The summed E-state index contributed by atoms with van der Waals surface area (Å²) in [6.07, 6.45) is 0.291. The van der Waals surface area contributed by atoms with E-state index in [1.165, 1.54) is 0 Å². The van der Waals surface area contributed by atoms with Crippen molar-refractivity contribution in [1.29, 1.82) is 0 Å². The number of carbonyl (C=O) groups excluding carboxylic acids is 2. The molecule has 0 fully saturated rings. The monoisotopic (exact) mass is 259 g/mol. The molecule has 1 rings (SSSR count). The van der Waals surface area contributed by atoms with E-state index in [0.29, 0.717) is 5.56 Å². The largest absolute Gasteiger partial charge is 0.444 e. The van der Waals surface area contributed by atoms with E-state index in [4.69, 9.17) is 4.74 Å². The number of hydrogen-bond donors (Lipinski definition) is 1. The van der Waals surface area contributed by atoms with Crippen molar-refractivity contribution in [3.05, 3.63) is 35.4 Å². The van der Waals surface area contributed by atoms with Gasteiger partial charge < -0.3 is 10.1 Å². The Balaban J connectivity index is 2.42. The Morgan fingerprint density at radius 1 is 1.32 bits per heavy atom. The van der Waals surface area contributed by atoms with Gasteiger partial charge in [0.05, 0.1) is 6.54 Å². The summed E-state index contributed by atoms with van der Waals surface area (Å²) in [6.45, 7) is 5.61. The molecule has 0 unspecified atom stereocenters. The van der Waals surface area contributed by atoms with Crippen LogP contribution in [0.15, 0.2) is 24.3 Å². The van der Waals surface area contributed by atoms with Crippen LogP contribution in [0, 0.1) is 11.8 Å². The first-order chi connectivity index (χ1) is 8.90. The van der Waals surface area contributed by atoms with Crippen molar-refractivity contribution in [2.75, 3.05) is 6.54 Å². The third-order valence-corrected chi connectivity index (χ3v) is 2.00. The summed E-state index contributed by atoms with van der Waals surface area (Å²) in [5.74, 6) is 5.68. The number of hydrogen-bond acceptors (Lipinski definition) is 3. The average molecular weight is 259 g/mol. The molecule has 0 aliphatic rings. The molecule has 0 bridgehead atoms. The smallest absolute Gasteiger partial charge is 0.408 e. The van der Waals surface area contributed by atoms with Gasteiger partial charge in [-0.3, -0.25) is 4.79 Å². The van der Waals surface area contributed by atoms with Crippen molar-refractivity contribution >= 4 is 12.4 Å². The van der Waals surface area contributed by atoms with E-state index in [9.17, 15) is 9.59 Å². The van der Waals surface area contributed by atoms with Crippen molar-refractivity contribution in [1.82, 2.24) is 5.32 Å². The summed E-state index contributed by atoms with van der Waals surface area (Å²) in [5, 5.41) is 2.54. The topological polar surface area (TPSA) is 55.4 Å². The zero-order valence-electron chi connectivity index (χ0n) is 11.3. The Kier molecular flexibility index (Phi) is 5.13. The molecule has 0 spiro atoms. The SMILES string of the molecule is CC(C)(C)OC(=O)NCC#Cc1ccc(C=O)cc1. The second-order valence-electron chi connectivity index (χ2n) is 4.90. The fourth-order valence-corrected chi connectivity index (χ4v) is 1.22. The van der Waals surface area contributed by atoms with Gasteiger partial charge in [0.1, 0.15) is 11.9 Å². The number of ether oxygens (including phenoxy) is 1. The van der Waals surface area contributed by atoms with Gasteiger partial charge in [-0.15, -0.1) is 0 Å². The highest BCUT2D eigenvalue weighted by molar-refractivity contribution is 5.74. The van der Waals surface area contributed by atoms with Gasteiger partial charge in [-0.1, -0.05) is 24.0 Å². The zero-order valence-corrected chi connectivity index (χ0v) is 11.3. The van der Waals surface area contributed by atoms with Crippen molar-refractivity contribution in [2.24, 2.45) is 0 Å². The number of rotatable bonds is 2. The number of carbonyl (C=O) groups is 2. The third-order valence-electron chi connectivity index (χ3n) is 2.00. The van der Waals surface area contributed by atoms with E-state index >= 15 is 0 Å². The number of alkyl carbamates (subject to hydrolysis) is 1. The third kappa shape index (κ3) is 6.27. The van der Waals surface area contributed by atoms with Gasteiger partial charge in [0.15, 0.2) is 0 Å². The lowest BCUT2D eigenvalue weighted by molar-refractivity contribution is 0.0535. The summed E-state index contributed by atoms with van der Waals surface area (Å²) in [5.41, 5.74) is 0.886. The fourth-order valence-electron chi connectivity index (χ4n) is 1.22. The van der Waals surface area contributed by atoms with E-state index in [0.717, 1.165) is 11.8 Å². The molecule has 0 radical (unpaired) electrons. The summed E-state index contributed by atoms with van der Waals surface area (Å²) >= 11 is 0. The van der Waals surface area contributed by atoms with Crippen molar-refractivity contribution in [3.8, 4) is 11.8 Å². The highest BCUT2D eigenvalue weighted by Gasteiger charge is 2.14. The van der Waals surface area contributed by atoms with Crippen LogP contribution in [0.5, 0.6) is 0 Å². The van der Waals surface area contributed by atoms with Crippen molar-refractivity contribution < 1.29 is 14.3 Å². The number of nitrogens with one attached hydrogen (secondary N) is 1. The minimum atomic E-state index is -0.512. The van der Waals surface area contributed by atoms with Crippen LogP contribution in [-0.2, 0) is 4.74 Å². The normalized spacial score (nSPS) is 10.1. The first-order valence-electron chi connectivity index (χ1n) is 5.92. The molecular weight excluding hydrogens is 242 g/mol. The fraction of sp³-hybridized carbons (Fsp3) is 0.333. The molecule has 4 nitrogen and oxygen atoms in total. The predicted octanol–water partition coefficient (Wildman–Crippen LogP) is 2.38. The quantitative estimate of drug-likeness (QED) is 0.655. The molecule has 19 heavy (non-hydrogen) atoms. The summed E-state index contributed by atoms with van der Waals surface area (Å²) in [7, 11) is 0. The lowest BCUT2D eigenvalue weighted by Crippen LogP contribution is -2.32. The van der Waals surface area contributed by atoms with Crippen molar-refractivity contribution in [3.63, 3.8) is 0 Å². The second kappa shape index (κ2) is 6.60. The first-order valence-corrected chi connectivity index (χ1v) is 5.92. The van der Waals surface area contributed by atoms with Gasteiger partial charge in [0, 0.05) is 11.1 Å². The molecule has 1 aromatic carbocycles. The van der Waals surface area contributed by atoms with Gasteiger partial charge >= 0.3 is 6.09 Å². The molecule has 0 aromatic heterocycles. The van der Waals surface area contributed by atoms with E-state index in [1.54, 1.807) is 45.0 Å². The number of benzene rings is 1. The Morgan fingerprint density at radius 3 is 2.47 bits per heavy atom. The van der Waals surface area contributed by atoms with Gasteiger partial charge in [-0.05, 0) is 32.9 Å². The molecule has 0 aliphatic carbocycles. The van der Waals surface area contributed by atoms with Gasteiger partial charge in [-0.2, -0.15) is 0 Å². The molecule has 0 saturated heterocycles. The van der Waals surface area contributed by atoms with Crippen LogP contribution in [0.3, 0.4) is 0 Å². The van der Waals surface area contributed by atoms with Gasteiger partial charge in [0.25, 0.3) is 0 Å². The highest BCUT2D eigenvalue weighted by atomic mass is 16.6. The molecule has 1 amide bonds. The van der Waals surface area contributed by atoms with Crippen LogP contribution in [0.1, 0.15) is 36.7 Å². The summed E-state index contributed by atoms with van der Waals surface area (Å²) in [4.78, 5) is 21.8. The van der Waals surface area contributed by atoms with Crippen LogP contribution in [-0.4, -0.2) is 24.5 Å². The molecule has 100 valence electrons. The molecular formula is C15H17NO3. The average Bonchev–Trinajstić information content (AvgIpc) is 2.33. The van der Waals surface area contributed by atoms with Crippen LogP contribution in [0.2, 0.25) is 0 Å². The van der Waals surface area contributed by atoms with E-state index in [-0.39, 0.29) is 6.54 Å². The number of amides is 1. The zero-order chi connectivity index (χ0) is 14.3. The second-order valence-corrected chi connectivity index (χ2v) is 4.90. The minimum Gasteiger partial charge on any atom is -0.444 e. The highest BCUT2D eigenvalue weighted by Crippen LogP contribution is 2.06.